The van der Waals surface area contributed by atoms with Gasteiger partial charge in [-0.3, -0.25) is 4.79 Å². The molecule has 0 aliphatic rings. The molecule has 1 amide bonds. The highest BCUT2D eigenvalue weighted by Gasteiger charge is 2.33. The normalized spacial score (nSPS) is 11.4. The van der Waals surface area contributed by atoms with Crippen LogP contribution in [-0.4, -0.2) is 10.9 Å². The molecule has 0 atom stereocenters. The Bertz CT molecular complexity index is 946. The number of amides is 1. The Labute approximate surface area is 152 Å². The topological polar surface area (TPSA) is 42.0 Å². The molecule has 3 nitrogen and oxygen atoms in total. The molecule has 1 N–H and O–H groups in total. The summed E-state index contributed by atoms with van der Waals surface area (Å²) in [6, 6.07) is 11.7. The summed E-state index contributed by atoms with van der Waals surface area (Å²) in [5.74, 6) is -0.281. The molecule has 0 aliphatic heterocycles. The number of aryl methyl sites for hydroxylation is 2. The molecular weight excluding hydrogens is 361 g/mol. The number of anilines is 1. The summed E-state index contributed by atoms with van der Waals surface area (Å²) in [5, 5.41) is 3.54. The number of thiazole rings is 1. The lowest BCUT2D eigenvalue weighted by Gasteiger charge is -2.13. The second-order valence-corrected chi connectivity index (χ2v) is 6.93. The fourth-order valence-corrected chi connectivity index (χ4v) is 3.46. The van der Waals surface area contributed by atoms with Gasteiger partial charge in [-0.1, -0.05) is 30.3 Å². The van der Waals surface area contributed by atoms with E-state index in [2.05, 4.69) is 10.3 Å². The zero-order valence-electron chi connectivity index (χ0n) is 14.0. The van der Waals surface area contributed by atoms with Crippen LogP contribution in [0.1, 0.15) is 25.9 Å². The van der Waals surface area contributed by atoms with Crippen LogP contribution in [0.15, 0.2) is 48.5 Å². The van der Waals surface area contributed by atoms with Crippen molar-refractivity contribution in [3.8, 4) is 11.1 Å². The lowest BCUT2D eigenvalue weighted by Crippen LogP contribution is -2.11. The minimum absolute atomic E-state index is 0.104. The van der Waals surface area contributed by atoms with E-state index in [-0.39, 0.29) is 11.5 Å². The largest absolute Gasteiger partial charge is 0.417 e. The monoisotopic (exact) mass is 376 g/mol. The van der Waals surface area contributed by atoms with Crippen LogP contribution in [0.4, 0.5) is 18.9 Å². The third-order valence-corrected chi connectivity index (χ3v) is 4.87. The van der Waals surface area contributed by atoms with Crippen LogP contribution in [0.3, 0.4) is 0 Å². The van der Waals surface area contributed by atoms with Crippen LogP contribution >= 0.6 is 11.3 Å². The van der Waals surface area contributed by atoms with Gasteiger partial charge in [-0.25, -0.2) is 4.98 Å². The van der Waals surface area contributed by atoms with Crippen molar-refractivity contribution >= 4 is 22.9 Å². The van der Waals surface area contributed by atoms with Crippen molar-refractivity contribution in [1.29, 1.82) is 0 Å². The van der Waals surface area contributed by atoms with Crippen molar-refractivity contribution in [3.05, 3.63) is 69.7 Å². The Kier molecular flexibility index (Phi) is 4.82. The third kappa shape index (κ3) is 3.77. The number of nitrogens with one attached hydrogen (secondary N) is 1. The first-order chi connectivity index (χ1) is 12.3. The van der Waals surface area contributed by atoms with E-state index in [0.717, 1.165) is 11.1 Å². The molecule has 0 aliphatic carbocycles. The summed E-state index contributed by atoms with van der Waals surface area (Å²) < 4.78 is 39.5. The minimum Gasteiger partial charge on any atom is -0.321 e. The predicted molar refractivity (Wildman–Crippen MR) is 96.4 cm³/mol. The lowest BCUT2D eigenvalue weighted by atomic mass is 9.99. The number of hydrogen-bond donors (Lipinski definition) is 1. The van der Waals surface area contributed by atoms with Gasteiger partial charge in [0, 0.05) is 5.69 Å². The van der Waals surface area contributed by atoms with Gasteiger partial charge in [-0.05, 0) is 43.2 Å². The number of aromatic nitrogens is 1. The highest BCUT2D eigenvalue weighted by Crippen LogP contribution is 2.37. The van der Waals surface area contributed by atoms with Gasteiger partial charge in [0.1, 0.15) is 4.88 Å². The molecule has 2 aromatic carbocycles. The van der Waals surface area contributed by atoms with Crippen molar-refractivity contribution < 1.29 is 18.0 Å². The van der Waals surface area contributed by atoms with Crippen LogP contribution in [0.5, 0.6) is 0 Å². The van der Waals surface area contributed by atoms with Gasteiger partial charge in [-0.15, -0.1) is 11.3 Å². The van der Waals surface area contributed by atoms with E-state index in [4.69, 9.17) is 0 Å². The second-order valence-electron chi connectivity index (χ2n) is 5.72. The van der Waals surface area contributed by atoms with Crippen LogP contribution in [0, 0.1) is 13.8 Å². The van der Waals surface area contributed by atoms with Crippen molar-refractivity contribution in [3.63, 3.8) is 0 Å². The van der Waals surface area contributed by atoms with E-state index in [1.165, 1.54) is 23.5 Å². The minimum atomic E-state index is -4.43. The van der Waals surface area contributed by atoms with E-state index >= 15 is 0 Å². The van der Waals surface area contributed by atoms with Gasteiger partial charge < -0.3 is 5.32 Å². The maximum absolute atomic E-state index is 13.2. The van der Waals surface area contributed by atoms with Crippen LogP contribution in [0.25, 0.3) is 11.1 Å². The molecule has 1 heterocycles. The Morgan fingerprint density at radius 3 is 2.27 bits per heavy atom. The summed E-state index contributed by atoms with van der Waals surface area (Å²) in [6.45, 7) is 3.58. The first-order valence-corrected chi connectivity index (χ1v) is 8.59. The molecule has 0 unspecified atom stereocenters. The summed E-state index contributed by atoms with van der Waals surface area (Å²) in [5.41, 5.74) is 1.01. The molecule has 0 bridgehead atoms. The lowest BCUT2D eigenvalue weighted by molar-refractivity contribution is -0.137. The quantitative estimate of drug-likeness (QED) is 0.637. The van der Waals surface area contributed by atoms with Crippen molar-refractivity contribution in [2.75, 3.05) is 5.32 Å². The summed E-state index contributed by atoms with van der Waals surface area (Å²) >= 11 is 1.30. The number of hydrogen-bond acceptors (Lipinski definition) is 3. The molecule has 134 valence electrons. The SMILES string of the molecule is Cc1nc(C)c(C(=O)Nc2ccc(-c3ccccc3C(F)(F)F)cc2)s1. The van der Waals surface area contributed by atoms with Crippen molar-refractivity contribution in [2.45, 2.75) is 20.0 Å². The average molecular weight is 376 g/mol. The molecule has 0 saturated carbocycles. The third-order valence-electron chi connectivity index (χ3n) is 3.80. The summed E-state index contributed by atoms with van der Waals surface area (Å²) in [6.07, 6.45) is -4.43. The molecular formula is C19H15F3N2OS. The molecule has 0 fully saturated rings. The molecule has 26 heavy (non-hydrogen) atoms. The fraction of sp³-hybridized carbons (Fsp3) is 0.158. The Hall–Kier alpha value is -2.67. The number of rotatable bonds is 3. The second kappa shape index (κ2) is 6.92. The number of carbonyl (C=O) groups is 1. The van der Waals surface area contributed by atoms with E-state index in [1.54, 1.807) is 37.3 Å². The van der Waals surface area contributed by atoms with E-state index in [0.29, 0.717) is 21.8 Å². The van der Waals surface area contributed by atoms with Gasteiger partial charge in [0.2, 0.25) is 0 Å². The van der Waals surface area contributed by atoms with Gasteiger partial charge in [0.15, 0.2) is 0 Å². The van der Waals surface area contributed by atoms with E-state index < -0.39 is 11.7 Å². The molecule has 7 heteroatoms. The van der Waals surface area contributed by atoms with Gasteiger partial charge in [-0.2, -0.15) is 13.2 Å². The number of halogens is 3. The average Bonchev–Trinajstić information content (AvgIpc) is 2.93. The van der Waals surface area contributed by atoms with Gasteiger partial charge >= 0.3 is 6.18 Å². The molecule has 0 spiro atoms. The zero-order chi connectivity index (χ0) is 18.9. The highest BCUT2D eigenvalue weighted by atomic mass is 32.1. The molecule has 0 radical (unpaired) electrons. The van der Waals surface area contributed by atoms with Crippen LogP contribution in [-0.2, 0) is 6.18 Å². The van der Waals surface area contributed by atoms with E-state index in [1.807, 2.05) is 6.92 Å². The Morgan fingerprint density at radius 1 is 1.04 bits per heavy atom. The number of nitrogens with zero attached hydrogens (tertiary/aromatic N) is 1. The molecule has 1 aromatic heterocycles. The van der Waals surface area contributed by atoms with Crippen LogP contribution in [0.2, 0.25) is 0 Å². The number of benzene rings is 2. The first-order valence-electron chi connectivity index (χ1n) is 7.78. The zero-order valence-corrected chi connectivity index (χ0v) is 14.8. The number of carbonyl (C=O) groups excluding carboxylic acids is 1. The highest BCUT2D eigenvalue weighted by molar-refractivity contribution is 7.13. The van der Waals surface area contributed by atoms with Gasteiger partial charge in [0.05, 0.1) is 16.3 Å². The maximum Gasteiger partial charge on any atom is 0.417 e. The summed E-state index contributed by atoms with van der Waals surface area (Å²) in [7, 11) is 0. The predicted octanol–water partition coefficient (Wildman–Crippen LogP) is 5.70. The summed E-state index contributed by atoms with van der Waals surface area (Å²) in [4.78, 5) is 17.0. The standard InChI is InChI=1S/C19H15F3N2OS/c1-11-17(26-12(2)23-11)18(25)24-14-9-7-13(8-10-14)15-5-3-4-6-16(15)19(20,21)22/h3-10H,1-2H3,(H,24,25). The fourth-order valence-electron chi connectivity index (χ4n) is 2.64. The van der Waals surface area contributed by atoms with Crippen molar-refractivity contribution in [1.82, 2.24) is 4.98 Å². The Morgan fingerprint density at radius 2 is 1.69 bits per heavy atom. The Balaban J connectivity index is 1.84. The number of alkyl halides is 3. The smallest absolute Gasteiger partial charge is 0.321 e. The molecule has 0 saturated heterocycles. The van der Waals surface area contributed by atoms with Crippen molar-refractivity contribution in [2.24, 2.45) is 0 Å². The van der Waals surface area contributed by atoms with Gasteiger partial charge in [0.25, 0.3) is 5.91 Å². The maximum atomic E-state index is 13.2. The molecule has 3 rings (SSSR count). The first kappa shape index (κ1) is 18.1. The van der Waals surface area contributed by atoms with E-state index in [9.17, 15) is 18.0 Å². The van der Waals surface area contributed by atoms with Crippen LogP contribution < -0.4 is 5.32 Å². The molecule has 3 aromatic rings.